The Balaban J connectivity index is 1.88. The van der Waals surface area contributed by atoms with E-state index in [0.717, 1.165) is 11.3 Å². The third kappa shape index (κ3) is 4.40. The number of hydrogen-bond donors (Lipinski definition) is 3. The molecule has 0 aliphatic carbocycles. The maximum absolute atomic E-state index is 11.8. The van der Waals surface area contributed by atoms with Gasteiger partial charge in [0, 0.05) is 5.69 Å². The van der Waals surface area contributed by atoms with Crippen LogP contribution in [0.2, 0.25) is 0 Å². The SMILES string of the molecule is O=C(Nc1ccccc1)N[C@@H](CO)Cc1ccccc1. The average molecular weight is 270 g/mol. The van der Waals surface area contributed by atoms with Crippen LogP contribution in [0.15, 0.2) is 60.7 Å². The van der Waals surface area contributed by atoms with Gasteiger partial charge in [-0.25, -0.2) is 4.79 Å². The molecule has 2 aromatic rings. The molecule has 104 valence electrons. The molecule has 0 aliphatic heterocycles. The monoisotopic (exact) mass is 270 g/mol. The van der Waals surface area contributed by atoms with Crippen LogP contribution >= 0.6 is 0 Å². The largest absolute Gasteiger partial charge is 0.394 e. The van der Waals surface area contributed by atoms with Crippen LogP contribution in [0, 0.1) is 0 Å². The van der Waals surface area contributed by atoms with E-state index in [4.69, 9.17) is 0 Å². The number of para-hydroxylation sites is 1. The highest BCUT2D eigenvalue weighted by Crippen LogP contribution is 2.06. The number of amides is 2. The van der Waals surface area contributed by atoms with E-state index in [1.54, 1.807) is 0 Å². The summed E-state index contributed by atoms with van der Waals surface area (Å²) < 4.78 is 0. The van der Waals surface area contributed by atoms with Gasteiger partial charge >= 0.3 is 6.03 Å². The molecular weight excluding hydrogens is 252 g/mol. The summed E-state index contributed by atoms with van der Waals surface area (Å²) in [7, 11) is 0. The number of nitrogens with one attached hydrogen (secondary N) is 2. The zero-order valence-corrected chi connectivity index (χ0v) is 11.1. The summed E-state index contributed by atoms with van der Waals surface area (Å²) in [6, 6.07) is 18.3. The number of carbonyl (C=O) groups is 1. The summed E-state index contributed by atoms with van der Waals surface area (Å²) in [5.41, 5.74) is 1.80. The summed E-state index contributed by atoms with van der Waals surface area (Å²) in [5, 5.41) is 14.9. The third-order valence-corrected chi connectivity index (χ3v) is 2.91. The van der Waals surface area contributed by atoms with Crippen LogP contribution in [0.25, 0.3) is 0 Å². The van der Waals surface area contributed by atoms with Crippen molar-refractivity contribution in [1.82, 2.24) is 5.32 Å². The Labute approximate surface area is 118 Å². The van der Waals surface area contributed by atoms with Crippen molar-refractivity contribution in [2.45, 2.75) is 12.5 Å². The van der Waals surface area contributed by atoms with Crippen LogP contribution in [0.3, 0.4) is 0 Å². The van der Waals surface area contributed by atoms with Crippen molar-refractivity contribution in [2.75, 3.05) is 11.9 Å². The first kappa shape index (κ1) is 14.1. The lowest BCUT2D eigenvalue weighted by Crippen LogP contribution is -2.41. The summed E-state index contributed by atoms with van der Waals surface area (Å²) in [4.78, 5) is 11.8. The fourth-order valence-corrected chi connectivity index (χ4v) is 1.93. The van der Waals surface area contributed by atoms with E-state index < -0.39 is 0 Å². The molecule has 0 radical (unpaired) electrons. The molecule has 4 heteroatoms. The van der Waals surface area contributed by atoms with Gasteiger partial charge in [-0.15, -0.1) is 0 Å². The number of anilines is 1. The number of benzene rings is 2. The van der Waals surface area contributed by atoms with Gasteiger partial charge in [0.05, 0.1) is 12.6 Å². The molecule has 0 bridgehead atoms. The van der Waals surface area contributed by atoms with Gasteiger partial charge in [0.25, 0.3) is 0 Å². The highest BCUT2D eigenvalue weighted by Gasteiger charge is 2.11. The molecule has 0 fully saturated rings. The Morgan fingerprint density at radius 3 is 2.20 bits per heavy atom. The van der Waals surface area contributed by atoms with Crippen LogP contribution in [0.1, 0.15) is 5.56 Å². The van der Waals surface area contributed by atoms with Gasteiger partial charge in [0.15, 0.2) is 0 Å². The van der Waals surface area contributed by atoms with Crippen LogP contribution in [0.5, 0.6) is 0 Å². The van der Waals surface area contributed by atoms with Crippen molar-refractivity contribution < 1.29 is 9.90 Å². The minimum absolute atomic E-state index is 0.100. The van der Waals surface area contributed by atoms with E-state index in [9.17, 15) is 9.90 Å². The van der Waals surface area contributed by atoms with Gasteiger partial charge in [-0.1, -0.05) is 48.5 Å². The summed E-state index contributed by atoms with van der Waals surface area (Å²) in [6.07, 6.45) is 0.597. The summed E-state index contributed by atoms with van der Waals surface area (Å²) in [5.74, 6) is 0. The second-order valence-corrected chi connectivity index (χ2v) is 4.53. The molecule has 0 spiro atoms. The number of rotatable bonds is 5. The number of urea groups is 1. The van der Waals surface area contributed by atoms with E-state index in [1.807, 2.05) is 60.7 Å². The Morgan fingerprint density at radius 1 is 1.00 bits per heavy atom. The van der Waals surface area contributed by atoms with E-state index in [-0.39, 0.29) is 18.7 Å². The van der Waals surface area contributed by atoms with E-state index >= 15 is 0 Å². The van der Waals surface area contributed by atoms with Crippen LogP contribution in [-0.2, 0) is 6.42 Å². The second kappa shape index (κ2) is 7.31. The molecule has 1 atom stereocenters. The molecule has 0 aromatic heterocycles. The minimum Gasteiger partial charge on any atom is -0.394 e. The maximum atomic E-state index is 11.8. The molecule has 0 aliphatic rings. The molecule has 2 amide bonds. The molecule has 2 aromatic carbocycles. The zero-order chi connectivity index (χ0) is 14.2. The highest BCUT2D eigenvalue weighted by atomic mass is 16.3. The van der Waals surface area contributed by atoms with Gasteiger partial charge in [-0.2, -0.15) is 0 Å². The van der Waals surface area contributed by atoms with Gasteiger partial charge in [-0.3, -0.25) is 0 Å². The number of carbonyl (C=O) groups excluding carboxylic acids is 1. The average Bonchev–Trinajstić information content (AvgIpc) is 2.48. The second-order valence-electron chi connectivity index (χ2n) is 4.53. The lowest BCUT2D eigenvalue weighted by atomic mass is 10.1. The first-order valence-corrected chi connectivity index (χ1v) is 6.55. The predicted molar refractivity (Wildman–Crippen MR) is 79.6 cm³/mol. The van der Waals surface area contributed by atoms with Gasteiger partial charge in [-0.05, 0) is 24.1 Å². The standard InChI is InChI=1S/C16H18N2O2/c19-12-15(11-13-7-3-1-4-8-13)18-16(20)17-14-9-5-2-6-10-14/h1-10,15,19H,11-12H2,(H2,17,18,20)/t15-/m1/s1. The normalized spacial score (nSPS) is 11.7. The van der Waals surface area contributed by atoms with E-state index in [0.29, 0.717) is 6.42 Å². The lowest BCUT2D eigenvalue weighted by Gasteiger charge is -2.17. The molecule has 0 saturated carbocycles. The Bertz CT molecular complexity index is 529. The van der Waals surface area contributed by atoms with Crippen molar-refractivity contribution in [1.29, 1.82) is 0 Å². The number of aliphatic hydroxyl groups is 1. The maximum Gasteiger partial charge on any atom is 0.319 e. The number of hydrogen-bond acceptors (Lipinski definition) is 2. The molecule has 0 unspecified atom stereocenters. The van der Waals surface area contributed by atoms with Gasteiger partial charge in [0.1, 0.15) is 0 Å². The van der Waals surface area contributed by atoms with Crippen molar-refractivity contribution in [3.63, 3.8) is 0 Å². The van der Waals surface area contributed by atoms with E-state index in [1.165, 1.54) is 0 Å². The Hall–Kier alpha value is -2.33. The Morgan fingerprint density at radius 2 is 1.60 bits per heavy atom. The first-order valence-electron chi connectivity index (χ1n) is 6.55. The summed E-state index contributed by atoms with van der Waals surface area (Å²) in [6.45, 7) is -0.100. The topological polar surface area (TPSA) is 61.4 Å². The van der Waals surface area contributed by atoms with Crippen LogP contribution in [-0.4, -0.2) is 23.8 Å². The quantitative estimate of drug-likeness (QED) is 0.781. The predicted octanol–water partition coefficient (Wildman–Crippen LogP) is 2.41. The smallest absolute Gasteiger partial charge is 0.319 e. The van der Waals surface area contributed by atoms with Crippen molar-refractivity contribution >= 4 is 11.7 Å². The van der Waals surface area contributed by atoms with Gasteiger partial charge in [0.2, 0.25) is 0 Å². The number of aliphatic hydroxyl groups excluding tert-OH is 1. The fraction of sp³-hybridized carbons (Fsp3) is 0.188. The molecule has 0 heterocycles. The minimum atomic E-state index is -0.314. The molecule has 2 rings (SSSR count). The van der Waals surface area contributed by atoms with Crippen molar-refractivity contribution in [3.05, 3.63) is 66.2 Å². The lowest BCUT2D eigenvalue weighted by molar-refractivity contribution is 0.224. The zero-order valence-electron chi connectivity index (χ0n) is 11.1. The molecule has 0 saturated heterocycles. The highest BCUT2D eigenvalue weighted by molar-refractivity contribution is 5.89. The van der Waals surface area contributed by atoms with Crippen molar-refractivity contribution in [3.8, 4) is 0 Å². The van der Waals surface area contributed by atoms with Crippen LogP contribution < -0.4 is 10.6 Å². The van der Waals surface area contributed by atoms with Gasteiger partial charge < -0.3 is 15.7 Å². The summed E-state index contributed by atoms with van der Waals surface area (Å²) >= 11 is 0. The molecular formula is C16H18N2O2. The Kier molecular flexibility index (Phi) is 5.15. The molecule has 3 N–H and O–H groups in total. The first-order chi connectivity index (χ1) is 9.78. The fourth-order valence-electron chi connectivity index (χ4n) is 1.93. The van der Waals surface area contributed by atoms with Crippen LogP contribution in [0.4, 0.5) is 10.5 Å². The molecule has 4 nitrogen and oxygen atoms in total. The third-order valence-electron chi connectivity index (χ3n) is 2.91. The van der Waals surface area contributed by atoms with Crippen molar-refractivity contribution in [2.24, 2.45) is 0 Å². The van der Waals surface area contributed by atoms with E-state index in [2.05, 4.69) is 10.6 Å². The molecule has 20 heavy (non-hydrogen) atoms.